The monoisotopic (exact) mass is 624 g/mol. The molecule has 0 atom stereocenters. The zero-order valence-corrected chi connectivity index (χ0v) is 27.4. The summed E-state index contributed by atoms with van der Waals surface area (Å²) in [6, 6.07) is 8.39. The van der Waals surface area contributed by atoms with Crippen molar-refractivity contribution in [3.05, 3.63) is 55.9 Å². The molecule has 8 bridgehead atoms. The van der Waals surface area contributed by atoms with Crippen LogP contribution in [-0.4, -0.2) is 34.7 Å². The van der Waals surface area contributed by atoms with E-state index in [1.807, 2.05) is 0 Å². The van der Waals surface area contributed by atoms with Gasteiger partial charge in [0.25, 0.3) is 11.8 Å². The first-order chi connectivity index (χ1) is 21.4. The first kappa shape index (κ1) is 27.0. The number of carbonyl (C=O) groups is 2. The van der Waals surface area contributed by atoms with E-state index in [2.05, 4.69) is 44.8 Å². The van der Waals surface area contributed by atoms with Gasteiger partial charge in [-0.1, -0.05) is 12.1 Å². The van der Waals surface area contributed by atoms with Crippen LogP contribution in [0.3, 0.4) is 0 Å². The van der Waals surface area contributed by atoms with E-state index in [1.54, 1.807) is 22.7 Å². The fourth-order valence-electron chi connectivity index (χ4n) is 13.1. The smallest absolute Gasteiger partial charge is 0.261 e. The maximum Gasteiger partial charge on any atom is 0.261 e. The second kappa shape index (κ2) is 9.67. The van der Waals surface area contributed by atoms with Crippen molar-refractivity contribution < 1.29 is 9.59 Å². The number of carbonyl (C=O) groups excluding carboxylic acids is 2. The van der Waals surface area contributed by atoms with E-state index in [4.69, 9.17) is 0 Å². The molecule has 4 heterocycles. The molecule has 8 fully saturated rings. The Morgan fingerprint density at radius 3 is 1.20 bits per heavy atom. The van der Waals surface area contributed by atoms with Crippen molar-refractivity contribution in [1.29, 1.82) is 0 Å². The molecule has 0 radical (unpaired) electrons. The summed E-state index contributed by atoms with van der Waals surface area (Å²) in [5.74, 6) is 5.57. The van der Waals surface area contributed by atoms with E-state index in [0.29, 0.717) is 22.0 Å². The number of thiophene rings is 2. The van der Waals surface area contributed by atoms with Gasteiger partial charge >= 0.3 is 0 Å². The van der Waals surface area contributed by atoms with Crippen LogP contribution < -0.4 is 0 Å². The van der Waals surface area contributed by atoms with Gasteiger partial charge in [-0.2, -0.15) is 0 Å². The molecule has 8 aliphatic carbocycles. The first-order valence-corrected chi connectivity index (χ1v) is 19.4. The zero-order valence-electron chi connectivity index (χ0n) is 25.8. The van der Waals surface area contributed by atoms with Gasteiger partial charge in [-0.05, 0) is 159 Å². The van der Waals surface area contributed by atoms with Crippen molar-refractivity contribution in [3.63, 3.8) is 0 Å². The van der Waals surface area contributed by atoms with Crippen LogP contribution in [0.5, 0.6) is 0 Å². The maximum atomic E-state index is 14.7. The fraction of sp³-hybridized carbons (Fsp3) is 0.632. The average Bonchev–Trinajstić information content (AvgIpc) is 3.77. The Labute approximate surface area is 269 Å². The second-order valence-corrected chi connectivity index (χ2v) is 18.5. The largest absolute Gasteiger partial charge is 0.306 e. The highest BCUT2D eigenvalue weighted by Crippen LogP contribution is 2.63. The summed E-state index contributed by atoms with van der Waals surface area (Å²) in [7, 11) is 0. The van der Waals surface area contributed by atoms with Crippen LogP contribution in [0.15, 0.2) is 46.2 Å². The van der Waals surface area contributed by atoms with Crippen molar-refractivity contribution in [3.8, 4) is 0 Å². The van der Waals surface area contributed by atoms with Gasteiger partial charge in [0.05, 0.1) is 32.3 Å². The van der Waals surface area contributed by atoms with E-state index in [1.165, 1.54) is 77.0 Å². The minimum atomic E-state index is 0.0715. The predicted octanol–water partition coefficient (Wildman–Crippen LogP) is 8.83. The standard InChI is InChI=1S/C38H44N2O2S2/c41-35-31-32(34(30-4-2-10-44-30)40(35)8-6-38-20-26-14-27(21-38)16-28(15-26)22-38)36(42)39(33(31)29-3-1-9-43-29)7-5-37-17-23-11-24(18-37)13-25(12-23)19-37/h1-4,9-10,23-28H,5-8,11-22H2. The Morgan fingerprint density at radius 1 is 0.568 bits per heavy atom. The summed E-state index contributed by atoms with van der Waals surface area (Å²) in [5.41, 5.74) is 3.99. The van der Waals surface area contributed by atoms with Crippen molar-refractivity contribution in [2.75, 3.05) is 13.1 Å². The third-order valence-electron chi connectivity index (χ3n) is 13.8. The molecule has 0 unspecified atom stereocenters. The summed E-state index contributed by atoms with van der Waals surface area (Å²) in [6.45, 7) is 1.48. The second-order valence-electron chi connectivity index (χ2n) is 16.7. The van der Waals surface area contributed by atoms with Crippen LogP contribution in [0.25, 0.3) is 11.4 Å². The summed E-state index contributed by atoms with van der Waals surface area (Å²) in [6.07, 6.45) is 18.9. The van der Waals surface area contributed by atoms with Gasteiger partial charge in [0, 0.05) is 13.1 Å². The normalized spacial score (nSPS) is 40.0. The molecule has 44 heavy (non-hydrogen) atoms. The van der Waals surface area contributed by atoms with E-state index in [9.17, 15) is 9.59 Å². The molecule has 4 nitrogen and oxygen atoms in total. The summed E-state index contributed by atoms with van der Waals surface area (Å²) < 4.78 is 0. The summed E-state index contributed by atoms with van der Waals surface area (Å²) in [4.78, 5) is 35.6. The number of nitrogens with zero attached hydrogens (tertiary/aromatic N) is 2. The Morgan fingerprint density at radius 2 is 0.909 bits per heavy atom. The van der Waals surface area contributed by atoms with Crippen molar-refractivity contribution in [2.24, 2.45) is 46.3 Å². The molecule has 10 aliphatic rings. The third kappa shape index (κ3) is 4.04. The maximum absolute atomic E-state index is 14.7. The van der Waals surface area contributed by atoms with Crippen LogP contribution in [0, 0.1) is 46.3 Å². The SMILES string of the molecule is O=C1C2=C(c3cccs3)N(CCC34CC5CC(CC(C5)C3)C4)C(=O)C2=C(c2cccs2)N1CCC12CC3CC(CC(C3)C1)C2. The van der Waals surface area contributed by atoms with Gasteiger partial charge in [0.1, 0.15) is 0 Å². The molecule has 2 amide bonds. The molecule has 2 aromatic heterocycles. The molecule has 8 saturated carbocycles. The van der Waals surface area contributed by atoms with Crippen LogP contribution >= 0.6 is 22.7 Å². The van der Waals surface area contributed by atoms with Crippen LogP contribution in [0.2, 0.25) is 0 Å². The number of amides is 2. The fourth-order valence-corrected chi connectivity index (χ4v) is 14.6. The molecule has 2 aliphatic heterocycles. The highest BCUT2D eigenvalue weighted by molar-refractivity contribution is 7.11. The first-order valence-electron chi connectivity index (χ1n) is 17.7. The molecular formula is C38H44N2O2S2. The zero-order chi connectivity index (χ0) is 29.2. The summed E-state index contributed by atoms with van der Waals surface area (Å²) >= 11 is 3.34. The molecular weight excluding hydrogens is 581 g/mol. The number of rotatable bonds is 8. The van der Waals surface area contributed by atoms with Gasteiger partial charge < -0.3 is 9.80 Å². The van der Waals surface area contributed by atoms with E-state index in [0.717, 1.165) is 82.6 Å². The van der Waals surface area contributed by atoms with Gasteiger partial charge in [-0.25, -0.2) is 0 Å². The minimum absolute atomic E-state index is 0.0715. The highest BCUT2D eigenvalue weighted by Gasteiger charge is 2.54. The highest BCUT2D eigenvalue weighted by atomic mass is 32.1. The van der Waals surface area contributed by atoms with Crippen LogP contribution in [0.4, 0.5) is 0 Å². The Kier molecular flexibility index (Phi) is 5.93. The molecule has 0 saturated heterocycles. The van der Waals surface area contributed by atoms with Gasteiger partial charge in [-0.15, -0.1) is 22.7 Å². The lowest BCUT2D eigenvalue weighted by Gasteiger charge is -2.57. The predicted molar refractivity (Wildman–Crippen MR) is 176 cm³/mol. The van der Waals surface area contributed by atoms with Crippen LogP contribution in [0.1, 0.15) is 99.6 Å². The van der Waals surface area contributed by atoms with Gasteiger partial charge in [-0.3, -0.25) is 9.59 Å². The van der Waals surface area contributed by atoms with E-state index >= 15 is 0 Å². The van der Waals surface area contributed by atoms with Crippen molar-refractivity contribution in [1.82, 2.24) is 9.80 Å². The van der Waals surface area contributed by atoms with Crippen LogP contribution in [-0.2, 0) is 9.59 Å². The summed E-state index contributed by atoms with van der Waals surface area (Å²) in [5, 5.41) is 4.19. The lowest BCUT2D eigenvalue weighted by atomic mass is 9.49. The number of hydrogen-bond acceptors (Lipinski definition) is 4. The van der Waals surface area contributed by atoms with Crippen molar-refractivity contribution >= 4 is 45.9 Å². The molecule has 0 N–H and O–H groups in total. The minimum Gasteiger partial charge on any atom is -0.306 e. The molecule has 2 aromatic rings. The third-order valence-corrected chi connectivity index (χ3v) is 15.5. The topological polar surface area (TPSA) is 40.6 Å². The average molecular weight is 625 g/mol. The molecule has 12 rings (SSSR count). The number of hydrogen-bond donors (Lipinski definition) is 0. The Balaban J connectivity index is 0.999. The van der Waals surface area contributed by atoms with Crippen molar-refractivity contribution in [2.45, 2.75) is 89.9 Å². The molecule has 6 heteroatoms. The number of fused-ring (bicyclic) bond motifs is 1. The lowest BCUT2D eigenvalue weighted by Crippen LogP contribution is -2.47. The molecule has 0 spiro atoms. The Hall–Kier alpha value is -2.18. The Bertz CT molecular complexity index is 1390. The molecule has 230 valence electrons. The van der Waals surface area contributed by atoms with Gasteiger partial charge in [0.2, 0.25) is 0 Å². The van der Waals surface area contributed by atoms with E-state index in [-0.39, 0.29) is 11.8 Å². The van der Waals surface area contributed by atoms with Gasteiger partial charge in [0.15, 0.2) is 0 Å². The quantitative estimate of drug-likeness (QED) is 0.295. The van der Waals surface area contributed by atoms with E-state index < -0.39 is 0 Å². The molecule has 0 aromatic carbocycles. The lowest BCUT2D eigenvalue weighted by molar-refractivity contribution is -0.125.